The summed E-state index contributed by atoms with van der Waals surface area (Å²) in [6.07, 6.45) is 1.01. The van der Waals surface area contributed by atoms with E-state index in [1.165, 1.54) is 0 Å². The Hall–Kier alpha value is -0.120. The molecule has 0 aliphatic heterocycles. The fourth-order valence-corrected chi connectivity index (χ4v) is 0.869. The fourth-order valence-electron chi connectivity index (χ4n) is 0.869. The Labute approximate surface area is 75.3 Å². The number of aliphatic hydroxyl groups excluding tert-OH is 1. The molecule has 74 valence electrons. The Balaban J connectivity index is 3.63. The lowest BCUT2D eigenvalue weighted by atomic mass is 10.1. The van der Waals surface area contributed by atoms with Crippen LogP contribution in [0.15, 0.2) is 0 Å². The Morgan fingerprint density at radius 2 is 2.00 bits per heavy atom. The van der Waals surface area contributed by atoms with Crippen LogP contribution in [-0.2, 0) is 4.74 Å². The highest BCUT2D eigenvalue weighted by molar-refractivity contribution is 4.77. The van der Waals surface area contributed by atoms with Crippen molar-refractivity contribution in [2.45, 2.75) is 25.8 Å². The van der Waals surface area contributed by atoms with E-state index in [-0.39, 0.29) is 12.1 Å². The molecule has 0 unspecified atom stereocenters. The van der Waals surface area contributed by atoms with Gasteiger partial charge in [-0.15, -0.1) is 0 Å². The molecule has 3 nitrogen and oxygen atoms in total. The van der Waals surface area contributed by atoms with Crippen LogP contribution < -0.4 is 0 Å². The summed E-state index contributed by atoms with van der Waals surface area (Å²) in [5.41, 5.74) is -0.117. The van der Waals surface area contributed by atoms with Crippen LogP contribution in [-0.4, -0.2) is 49.5 Å². The molecule has 0 saturated carbocycles. The first-order valence-corrected chi connectivity index (χ1v) is 4.35. The van der Waals surface area contributed by atoms with Crippen LogP contribution in [0.4, 0.5) is 0 Å². The summed E-state index contributed by atoms with van der Waals surface area (Å²) in [6, 6.07) is 0. The van der Waals surface area contributed by atoms with Gasteiger partial charge in [-0.25, -0.2) is 0 Å². The second kappa shape index (κ2) is 5.51. The van der Waals surface area contributed by atoms with Crippen molar-refractivity contribution in [1.29, 1.82) is 0 Å². The quantitative estimate of drug-likeness (QED) is 0.604. The molecule has 12 heavy (non-hydrogen) atoms. The standard InChI is InChI=1S/C9H21NO2/c1-9(2,8-11)10(3)6-5-7-12-4/h11H,5-8H2,1-4H3. The number of nitrogens with zero attached hydrogens (tertiary/aromatic N) is 1. The van der Waals surface area contributed by atoms with E-state index >= 15 is 0 Å². The van der Waals surface area contributed by atoms with E-state index in [0.29, 0.717) is 0 Å². The van der Waals surface area contributed by atoms with E-state index in [1.54, 1.807) is 7.11 Å². The zero-order valence-corrected chi connectivity index (χ0v) is 8.63. The molecule has 0 heterocycles. The Morgan fingerprint density at radius 3 is 2.42 bits per heavy atom. The van der Waals surface area contributed by atoms with Crippen LogP contribution >= 0.6 is 0 Å². The maximum Gasteiger partial charge on any atom is 0.0609 e. The summed E-state index contributed by atoms with van der Waals surface area (Å²) in [5.74, 6) is 0. The van der Waals surface area contributed by atoms with Crippen molar-refractivity contribution in [2.75, 3.05) is 33.9 Å². The van der Waals surface area contributed by atoms with Crippen molar-refractivity contribution in [3.8, 4) is 0 Å². The molecule has 0 fully saturated rings. The molecule has 0 atom stereocenters. The highest BCUT2D eigenvalue weighted by atomic mass is 16.5. The zero-order valence-electron chi connectivity index (χ0n) is 8.63. The second-order valence-electron chi connectivity index (χ2n) is 3.74. The van der Waals surface area contributed by atoms with Gasteiger partial charge in [-0.1, -0.05) is 0 Å². The minimum absolute atomic E-state index is 0.117. The summed E-state index contributed by atoms with van der Waals surface area (Å²) in [6.45, 7) is 5.99. The summed E-state index contributed by atoms with van der Waals surface area (Å²) in [4.78, 5) is 2.14. The normalized spacial score (nSPS) is 12.5. The average Bonchev–Trinajstić information content (AvgIpc) is 2.05. The van der Waals surface area contributed by atoms with E-state index < -0.39 is 0 Å². The summed E-state index contributed by atoms with van der Waals surface area (Å²) in [7, 11) is 3.73. The largest absolute Gasteiger partial charge is 0.394 e. The predicted octanol–water partition coefficient (Wildman–Crippen LogP) is 0.726. The summed E-state index contributed by atoms with van der Waals surface area (Å²) >= 11 is 0. The highest BCUT2D eigenvalue weighted by Crippen LogP contribution is 2.10. The van der Waals surface area contributed by atoms with Crippen LogP contribution in [0.2, 0.25) is 0 Å². The van der Waals surface area contributed by atoms with Gasteiger partial charge in [0.15, 0.2) is 0 Å². The van der Waals surface area contributed by atoms with Crippen LogP contribution in [0, 0.1) is 0 Å². The molecule has 3 heteroatoms. The lowest BCUT2D eigenvalue weighted by Crippen LogP contribution is -2.44. The van der Waals surface area contributed by atoms with Gasteiger partial charge in [0.2, 0.25) is 0 Å². The third-order valence-corrected chi connectivity index (χ3v) is 2.26. The molecule has 0 bridgehead atoms. The number of rotatable bonds is 6. The molecule has 0 radical (unpaired) electrons. The van der Waals surface area contributed by atoms with E-state index in [0.717, 1.165) is 19.6 Å². The lowest BCUT2D eigenvalue weighted by Gasteiger charge is -2.33. The monoisotopic (exact) mass is 175 g/mol. The van der Waals surface area contributed by atoms with Crippen LogP contribution in [0.1, 0.15) is 20.3 Å². The van der Waals surface area contributed by atoms with E-state index in [9.17, 15) is 0 Å². The van der Waals surface area contributed by atoms with Crippen molar-refractivity contribution in [2.24, 2.45) is 0 Å². The molecule has 0 rings (SSSR count). The Kier molecular flexibility index (Phi) is 5.46. The fraction of sp³-hybridized carbons (Fsp3) is 1.00. The van der Waals surface area contributed by atoms with Crippen LogP contribution in [0.3, 0.4) is 0 Å². The van der Waals surface area contributed by atoms with Crippen molar-refractivity contribution < 1.29 is 9.84 Å². The number of methoxy groups -OCH3 is 1. The number of aliphatic hydroxyl groups is 1. The third-order valence-electron chi connectivity index (χ3n) is 2.26. The van der Waals surface area contributed by atoms with Crippen molar-refractivity contribution >= 4 is 0 Å². The van der Waals surface area contributed by atoms with Gasteiger partial charge in [0, 0.05) is 25.8 Å². The Morgan fingerprint density at radius 1 is 1.42 bits per heavy atom. The van der Waals surface area contributed by atoms with Crippen molar-refractivity contribution in [3.05, 3.63) is 0 Å². The van der Waals surface area contributed by atoms with Gasteiger partial charge in [-0.3, -0.25) is 4.90 Å². The first-order chi connectivity index (χ1) is 5.54. The third kappa shape index (κ3) is 4.04. The molecule has 0 aliphatic carbocycles. The number of hydrogen-bond donors (Lipinski definition) is 1. The topological polar surface area (TPSA) is 32.7 Å². The molecular weight excluding hydrogens is 154 g/mol. The average molecular weight is 175 g/mol. The molecule has 0 aromatic rings. The van der Waals surface area contributed by atoms with Crippen molar-refractivity contribution in [1.82, 2.24) is 4.90 Å². The van der Waals surface area contributed by atoms with E-state index in [1.807, 2.05) is 20.9 Å². The zero-order chi connectivity index (χ0) is 9.61. The second-order valence-corrected chi connectivity index (χ2v) is 3.74. The molecular formula is C9H21NO2. The Bertz CT molecular complexity index is 115. The van der Waals surface area contributed by atoms with Gasteiger partial charge in [0.1, 0.15) is 0 Å². The summed E-state index contributed by atoms with van der Waals surface area (Å²) in [5, 5.41) is 9.05. The van der Waals surface area contributed by atoms with Crippen molar-refractivity contribution in [3.63, 3.8) is 0 Å². The van der Waals surface area contributed by atoms with Gasteiger partial charge in [-0.05, 0) is 27.3 Å². The first-order valence-electron chi connectivity index (χ1n) is 4.35. The predicted molar refractivity (Wildman–Crippen MR) is 50.3 cm³/mol. The van der Waals surface area contributed by atoms with Gasteiger partial charge in [0.05, 0.1) is 6.61 Å². The molecule has 0 spiro atoms. The SMILES string of the molecule is COCCCN(C)C(C)(C)CO. The molecule has 0 aromatic carbocycles. The maximum atomic E-state index is 9.05. The van der Waals surface area contributed by atoms with Crippen LogP contribution in [0.25, 0.3) is 0 Å². The minimum Gasteiger partial charge on any atom is -0.394 e. The molecule has 1 N–H and O–H groups in total. The molecule has 0 aliphatic rings. The van der Waals surface area contributed by atoms with Crippen LogP contribution in [0.5, 0.6) is 0 Å². The smallest absolute Gasteiger partial charge is 0.0609 e. The number of hydrogen-bond acceptors (Lipinski definition) is 3. The minimum atomic E-state index is -0.117. The molecule has 0 saturated heterocycles. The maximum absolute atomic E-state index is 9.05. The molecule has 0 amide bonds. The number of ether oxygens (including phenoxy) is 1. The van der Waals surface area contributed by atoms with Gasteiger partial charge >= 0.3 is 0 Å². The van der Waals surface area contributed by atoms with E-state index in [4.69, 9.17) is 9.84 Å². The van der Waals surface area contributed by atoms with Gasteiger partial charge < -0.3 is 9.84 Å². The van der Waals surface area contributed by atoms with E-state index in [2.05, 4.69) is 4.90 Å². The summed E-state index contributed by atoms with van der Waals surface area (Å²) < 4.78 is 4.95. The molecule has 0 aromatic heterocycles. The van der Waals surface area contributed by atoms with Gasteiger partial charge in [-0.2, -0.15) is 0 Å². The van der Waals surface area contributed by atoms with Gasteiger partial charge in [0.25, 0.3) is 0 Å². The number of likely N-dealkylation sites (N-methyl/N-ethyl adjacent to an activating group) is 1. The lowest BCUT2D eigenvalue weighted by molar-refractivity contribution is 0.0704. The highest BCUT2D eigenvalue weighted by Gasteiger charge is 2.21. The first kappa shape index (κ1) is 11.9.